The number of aliphatic hydroxyl groups is 1. The molecule has 1 aromatic heterocycles. The Morgan fingerprint density at radius 3 is 2.57 bits per heavy atom. The molecule has 126 valence electrons. The standard InChI is InChI=1S/C16H24N4O3/c21-13(12-4-2-1-3-5-12)16(23)20-10-8-19(9-11-20)14-15(22)18-7-6-17-14/h6-7,12-13,21H,1-5,8-11H2,(H,18,22)/t13-/m1/s1. The van der Waals surface area contributed by atoms with E-state index < -0.39 is 6.10 Å². The van der Waals surface area contributed by atoms with Gasteiger partial charge in [0.15, 0.2) is 5.82 Å². The van der Waals surface area contributed by atoms with Gasteiger partial charge in [-0.3, -0.25) is 9.59 Å². The van der Waals surface area contributed by atoms with Crippen molar-refractivity contribution in [1.29, 1.82) is 0 Å². The number of nitrogens with zero attached hydrogens (tertiary/aromatic N) is 3. The van der Waals surface area contributed by atoms with Crippen molar-refractivity contribution in [3.8, 4) is 0 Å². The van der Waals surface area contributed by atoms with Gasteiger partial charge in [0.2, 0.25) is 0 Å². The van der Waals surface area contributed by atoms with Gasteiger partial charge in [-0.2, -0.15) is 0 Å². The van der Waals surface area contributed by atoms with E-state index in [4.69, 9.17) is 0 Å². The molecule has 2 N–H and O–H groups in total. The van der Waals surface area contributed by atoms with Crippen molar-refractivity contribution >= 4 is 11.7 Å². The van der Waals surface area contributed by atoms with E-state index in [0.29, 0.717) is 32.0 Å². The summed E-state index contributed by atoms with van der Waals surface area (Å²) >= 11 is 0. The van der Waals surface area contributed by atoms with E-state index >= 15 is 0 Å². The maximum Gasteiger partial charge on any atom is 0.290 e. The van der Waals surface area contributed by atoms with Gasteiger partial charge in [0.25, 0.3) is 11.5 Å². The summed E-state index contributed by atoms with van der Waals surface area (Å²) in [6.45, 7) is 2.14. The van der Waals surface area contributed by atoms with Crippen LogP contribution in [0.5, 0.6) is 0 Å². The number of aliphatic hydroxyl groups excluding tert-OH is 1. The van der Waals surface area contributed by atoms with Gasteiger partial charge in [-0.05, 0) is 18.8 Å². The summed E-state index contributed by atoms with van der Waals surface area (Å²) < 4.78 is 0. The SMILES string of the molecule is O=C([C@H](O)C1CCCCC1)N1CCN(c2ncc[nH]c2=O)CC1. The van der Waals surface area contributed by atoms with Crippen LogP contribution < -0.4 is 10.5 Å². The number of carbonyl (C=O) groups excluding carboxylic acids is 1. The molecule has 7 heteroatoms. The molecular weight excluding hydrogens is 296 g/mol. The number of anilines is 1. The Labute approximate surface area is 135 Å². The number of aromatic nitrogens is 2. The monoisotopic (exact) mass is 320 g/mol. The van der Waals surface area contributed by atoms with Gasteiger partial charge in [-0.1, -0.05) is 19.3 Å². The molecule has 1 saturated carbocycles. The van der Waals surface area contributed by atoms with Crippen molar-refractivity contribution in [2.45, 2.75) is 38.2 Å². The number of hydrogen-bond donors (Lipinski definition) is 2. The average molecular weight is 320 g/mol. The normalized spacial score (nSPS) is 21.3. The Morgan fingerprint density at radius 2 is 1.91 bits per heavy atom. The lowest BCUT2D eigenvalue weighted by Gasteiger charge is -2.37. The minimum Gasteiger partial charge on any atom is -0.383 e. The maximum atomic E-state index is 12.5. The second kappa shape index (κ2) is 7.12. The van der Waals surface area contributed by atoms with Crippen LogP contribution in [0.3, 0.4) is 0 Å². The highest BCUT2D eigenvalue weighted by Crippen LogP contribution is 2.27. The third-order valence-corrected chi connectivity index (χ3v) is 4.93. The lowest BCUT2D eigenvalue weighted by Crippen LogP contribution is -2.53. The quantitative estimate of drug-likeness (QED) is 0.839. The fraction of sp³-hybridized carbons (Fsp3) is 0.688. The van der Waals surface area contributed by atoms with Gasteiger partial charge >= 0.3 is 0 Å². The van der Waals surface area contributed by atoms with Crippen molar-refractivity contribution in [3.63, 3.8) is 0 Å². The molecule has 1 saturated heterocycles. The summed E-state index contributed by atoms with van der Waals surface area (Å²) in [4.78, 5) is 34.6. The van der Waals surface area contributed by atoms with Gasteiger partial charge in [0.1, 0.15) is 6.10 Å². The average Bonchev–Trinajstić information content (AvgIpc) is 2.62. The van der Waals surface area contributed by atoms with Crippen LogP contribution >= 0.6 is 0 Å². The molecule has 0 radical (unpaired) electrons. The van der Waals surface area contributed by atoms with Crippen LogP contribution in [0.15, 0.2) is 17.2 Å². The second-order valence-corrected chi connectivity index (χ2v) is 6.40. The molecular formula is C16H24N4O3. The lowest BCUT2D eigenvalue weighted by molar-refractivity contribution is -0.144. The Morgan fingerprint density at radius 1 is 1.22 bits per heavy atom. The number of hydrogen-bond acceptors (Lipinski definition) is 5. The van der Waals surface area contributed by atoms with Crippen molar-refractivity contribution in [2.24, 2.45) is 5.92 Å². The molecule has 1 atom stereocenters. The van der Waals surface area contributed by atoms with E-state index in [-0.39, 0.29) is 17.4 Å². The van der Waals surface area contributed by atoms with E-state index in [0.717, 1.165) is 25.7 Å². The van der Waals surface area contributed by atoms with Crippen LogP contribution in [-0.2, 0) is 4.79 Å². The van der Waals surface area contributed by atoms with Crippen molar-refractivity contribution in [2.75, 3.05) is 31.1 Å². The van der Waals surface area contributed by atoms with Crippen LogP contribution in [0, 0.1) is 5.92 Å². The van der Waals surface area contributed by atoms with E-state index in [1.807, 2.05) is 4.90 Å². The number of nitrogens with one attached hydrogen (secondary N) is 1. The maximum absolute atomic E-state index is 12.5. The summed E-state index contributed by atoms with van der Waals surface area (Å²) in [5, 5.41) is 10.3. The topological polar surface area (TPSA) is 89.5 Å². The molecule has 3 rings (SSSR count). The van der Waals surface area contributed by atoms with Crippen LogP contribution in [0.25, 0.3) is 0 Å². The predicted octanol–water partition coefficient (Wildman–Crippen LogP) is 0.360. The third-order valence-electron chi connectivity index (χ3n) is 4.93. The van der Waals surface area contributed by atoms with Gasteiger partial charge in [0.05, 0.1) is 0 Å². The first-order valence-electron chi connectivity index (χ1n) is 8.42. The van der Waals surface area contributed by atoms with Crippen molar-refractivity contribution < 1.29 is 9.90 Å². The first-order valence-corrected chi connectivity index (χ1v) is 8.42. The Bertz CT molecular complexity index is 589. The van der Waals surface area contributed by atoms with E-state index in [1.165, 1.54) is 12.6 Å². The van der Waals surface area contributed by atoms with E-state index in [2.05, 4.69) is 9.97 Å². The summed E-state index contributed by atoms with van der Waals surface area (Å²) in [6, 6.07) is 0. The highest BCUT2D eigenvalue weighted by atomic mass is 16.3. The summed E-state index contributed by atoms with van der Waals surface area (Å²) in [5.41, 5.74) is -0.213. The minimum absolute atomic E-state index is 0.105. The molecule has 1 aliphatic heterocycles. The molecule has 1 aliphatic carbocycles. The Hall–Kier alpha value is -1.89. The third kappa shape index (κ3) is 3.55. The Balaban J connectivity index is 1.57. The van der Waals surface area contributed by atoms with Crippen molar-refractivity contribution in [1.82, 2.24) is 14.9 Å². The molecule has 2 fully saturated rings. The van der Waals surface area contributed by atoms with Gasteiger partial charge in [-0.25, -0.2) is 4.98 Å². The summed E-state index contributed by atoms with van der Waals surface area (Å²) in [5.74, 6) is 0.340. The number of H-pyrrole nitrogens is 1. The fourth-order valence-electron chi connectivity index (χ4n) is 3.55. The molecule has 2 heterocycles. The Kier molecular flexibility index (Phi) is 4.95. The summed E-state index contributed by atoms with van der Waals surface area (Å²) in [7, 11) is 0. The minimum atomic E-state index is -0.875. The highest BCUT2D eigenvalue weighted by molar-refractivity contribution is 5.81. The number of amides is 1. The molecule has 0 bridgehead atoms. The van der Waals surface area contributed by atoms with Gasteiger partial charge in [-0.15, -0.1) is 0 Å². The predicted molar refractivity (Wildman–Crippen MR) is 86.2 cm³/mol. The van der Waals surface area contributed by atoms with Gasteiger partial charge < -0.3 is 19.9 Å². The first kappa shape index (κ1) is 16.0. The van der Waals surface area contributed by atoms with E-state index in [1.54, 1.807) is 11.1 Å². The second-order valence-electron chi connectivity index (χ2n) is 6.40. The van der Waals surface area contributed by atoms with Crippen LogP contribution in [0.2, 0.25) is 0 Å². The lowest BCUT2D eigenvalue weighted by atomic mass is 9.85. The first-order chi connectivity index (χ1) is 11.2. The van der Waals surface area contributed by atoms with Gasteiger partial charge in [0, 0.05) is 38.6 Å². The molecule has 1 aromatic rings. The number of aromatic amines is 1. The molecule has 7 nitrogen and oxygen atoms in total. The van der Waals surface area contributed by atoms with E-state index in [9.17, 15) is 14.7 Å². The highest BCUT2D eigenvalue weighted by Gasteiger charge is 2.32. The van der Waals surface area contributed by atoms with Crippen LogP contribution in [0.4, 0.5) is 5.82 Å². The largest absolute Gasteiger partial charge is 0.383 e. The fourth-order valence-corrected chi connectivity index (χ4v) is 3.55. The van der Waals surface area contributed by atoms with Crippen LogP contribution in [0.1, 0.15) is 32.1 Å². The number of piperazine rings is 1. The number of carbonyl (C=O) groups is 1. The smallest absolute Gasteiger partial charge is 0.290 e. The zero-order chi connectivity index (χ0) is 16.2. The molecule has 23 heavy (non-hydrogen) atoms. The molecule has 0 spiro atoms. The zero-order valence-electron chi connectivity index (χ0n) is 13.3. The number of rotatable bonds is 3. The van der Waals surface area contributed by atoms with Crippen LogP contribution in [-0.4, -0.2) is 58.2 Å². The summed E-state index contributed by atoms with van der Waals surface area (Å²) in [6.07, 6.45) is 7.48. The zero-order valence-corrected chi connectivity index (χ0v) is 13.3. The molecule has 1 amide bonds. The van der Waals surface area contributed by atoms with Crippen molar-refractivity contribution in [3.05, 3.63) is 22.7 Å². The molecule has 2 aliphatic rings. The molecule has 0 aromatic carbocycles. The molecule has 0 unspecified atom stereocenters.